The highest BCUT2D eigenvalue weighted by Crippen LogP contribution is 2.33. The van der Waals surface area contributed by atoms with Crippen LogP contribution in [-0.2, 0) is 14.3 Å². The molecule has 1 aliphatic heterocycles. The van der Waals surface area contributed by atoms with Gasteiger partial charge in [0, 0.05) is 12.2 Å². The molecular weight excluding hydrogens is 349 g/mol. The normalized spacial score (nSPS) is 16.5. The first-order valence-corrected chi connectivity index (χ1v) is 8.30. The third kappa shape index (κ3) is 3.65. The molecule has 1 aromatic rings. The highest BCUT2D eigenvalue weighted by atomic mass is 35.5. The first-order valence-electron chi connectivity index (χ1n) is 7.54. The van der Waals surface area contributed by atoms with E-state index in [0.29, 0.717) is 33.4 Å². The van der Waals surface area contributed by atoms with Crippen molar-refractivity contribution in [1.29, 1.82) is 0 Å². The molecule has 0 saturated heterocycles. The second-order valence-electron chi connectivity index (χ2n) is 5.99. The molecule has 0 saturated carbocycles. The van der Waals surface area contributed by atoms with E-state index in [4.69, 9.17) is 27.9 Å². The van der Waals surface area contributed by atoms with Gasteiger partial charge in [-0.05, 0) is 36.6 Å². The van der Waals surface area contributed by atoms with E-state index in [1.54, 1.807) is 36.1 Å². The van der Waals surface area contributed by atoms with E-state index in [9.17, 15) is 9.59 Å². The van der Waals surface area contributed by atoms with Crippen molar-refractivity contribution >= 4 is 41.2 Å². The number of allylic oxidation sites excluding steroid dienone is 1. The van der Waals surface area contributed by atoms with Crippen LogP contribution >= 0.6 is 23.2 Å². The molecule has 4 nitrogen and oxygen atoms in total. The van der Waals surface area contributed by atoms with Crippen molar-refractivity contribution in [3.8, 4) is 0 Å². The molecule has 0 bridgehead atoms. The number of rotatable bonds is 4. The van der Waals surface area contributed by atoms with E-state index < -0.39 is 5.97 Å². The van der Waals surface area contributed by atoms with Crippen molar-refractivity contribution in [2.24, 2.45) is 5.92 Å². The second kappa shape index (κ2) is 7.41. The van der Waals surface area contributed by atoms with Crippen molar-refractivity contribution in [2.45, 2.75) is 20.8 Å². The summed E-state index contributed by atoms with van der Waals surface area (Å²) in [5.41, 5.74) is 1.88. The van der Waals surface area contributed by atoms with E-state index in [2.05, 4.69) is 0 Å². The highest BCUT2D eigenvalue weighted by molar-refractivity contribution is 6.42. The van der Waals surface area contributed by atoms with Gasteiger partial charge in [0.25, 0.3) is 5.91 Å². The molecule has 1 aliphatic rings. The smallest absolute Gasteiger partial charge is 0.340 e. The van der Waals surface area contributed by atoms with E-state index in [-0.39, 0.29) is 17.4 Å². The Labute approximate surface area is 151 Å². The topological polar surface area (TPSA) is 46.6 Å². The van der Waals surface area contributed by atoms with E-state index in [1.165, 1.54) is 7.11 Å². The fourth-order valence-corrected chi connectivity index (χ4v) is 2.89. The third-order valence-corrected chi connectivity index (χ3v) is 4.44. The molecular formula is C18H19Cl2NO3. The van der Waals surface area contributed by atoms with Gasteiger partial charge < -0.3 is 9.64 Å². The number of halogens is 2. The van der Waals surface area contributed by atoms with Gasteiger partial charge >= 0.3 is 5.97 Å². The van der Waals surface area contributed by atoms with Gasteiger partial charge in [-0.3, -0.25) is 4.79 Å². The lowest BCUT2D eigenvalue weighted by Crippen LogP contribution is -2.28. The molecule has 0 spiro atoms. The first kappa shape index (κ1) is 18.6. The number of carbonyl (C=O) groups is 2. The van der Waals surface area contributed by atoms with Crippen LogP contribution in [0.5, 0.6) is 0 Å². The molecule has 0 unspecified atom stereocenters. The number of hydrogen-bond donors (Lipinski definition) is 0. The van der Waals surface area contributed by atoms with Gasteiger partial charge in [0.2, 0.25) is 0 Å². The zero-order valence-corrected chi connectivity index (χ0v) is 15.5. The summed E-state index contributed by atoms with van der Waals surface area (Å²) in [6.07, 6.45) is 1.64. The molecule has 6 heteroatoms. The summed E-state index contributed by atoms with van der Waals surface area (Å²) in [5, 5.41) is 0.814. The van der Waals surface area contributed by atoms with Crippen LogP contribution < -0.4 is 0 Å². The molecule has 2 rings (SSSR count). The largest absolute Gasteiger partial charge is 0.465 e. The lowest BCUT2D eigenvalue weighted by atomic mass is 10.0. The number of ether oxygens (including phenoxy) is 1. The molecule has 1 aromatic carbocycles. The molecule has 1 heterocycles. The summed E-state index contributed by atoms with van der Waals surface area (Å²) in [5.74, 6) is -0.474. The van der Waals surface area contributed by atoms with E-state index in [0.717, 1.165) is 0 Å². The minimum atomic E-state index is -0.529. The lowest BCUT2D eigenvalue weighted by Gasteiger charge is -2.19. The zero-order valence-electron chi connectivity index (χ0n) is 14.0. The van der Waals surface area contributed by atoms with Crippen LogP contribution in [-0.4, -0.2) is 30.4 Å². The predicted molar refractivity (Wildman–Crippen MR) is 95.7 cm³/mol. The molecule has 0 aliphatic carbocycles. The van der Waals surface area contributed by atoms with Gasteiger partial charge in [-0.15, -0.1) is 0 Å². The molecule has 0 fully saturated rings. The maximum Gasteiger partial charge on any atom is 0.340 e. The van der Waals surface area contributed by atoms with E-state index in [1.807, 2.05) is 13.8 Å². The first-order chi connectivity index (χ1) is 11.3. The Hall–Kier alpha value is -1.78. The molecule has 1 amide bonds. The van der Waals surface area contributed by atoms with Crippen LogP contribution in [0.3, 0.4) is 0 Å². The lowest BCUT2D eigenvalue weighted by molar-refractivity contribution is -0.136. The van der Waals surface area contributed by atoms with Crippen LogP contribution in [0.1, 0.15) is 26.3 Å². The van der Waals surface area contributed by atoms with Gasteiger partial charge in [0.15, 0.2) is 0 Å². The summed E-state index contributed by atoms with van der Waals surface area (Å²) < 4.78 is 4.85. The molecule has 0 N–H and O–H groups in total. The Kier molecular flexibility index (Phi) is 5.73. The number of methoxy groups -OCH3 is 1. The van der Waals surface area contributed by atoms with Gasteiger partial charge in [-0.1, -0.05) is 43.1 Å². The molecule has 0 radical (unpaired) electrons. The molecule has 0 atom stereocenters. The van der Waals surface area contributed by atoms with Crippen LogP contribution in [0, 0.1) is 5.92 Å². The van der Waals surface area contributed by atoms with Gasteiger partial charge in [-0.25, -0.2) is 4.79 Å². The highest BCUT2D eigenvalue weighted by Gasteiger charge is 2.37. The van der Waals surface area contributed by atoms with Crippen LogP contribution in [0.4, 0.5) is 0 Å². The van der Waals surface area contributed by atoms with Crippen LogP contribution in [0.2, 0.25) is 10.0 Å². The Bertz CT molecular complexity index is 751. The molecule has 128 valence electrons. The van der Waals surface area contributed by atoms with Gasteiger partial charge in [0.1, 0.15) is 0 Å². The Morgan fingerprint density at radius 3 is 2.50 bits per heavy atom. The number of benzene rings is 1. The number of carbonyl (C=O) groups excluding carboxylic acids is 2. The fourth-order valence-electron chi connectivity index (χ4n) is 2.58. The number of hydrogen-bond acceptors (Lipinski definition) is 3. The van der Waals surface area contributed by atoms with Crippen molar-refractivity contribution in [1.82, 2.24) is 4.90 Å². The summed E-state index contributed by atoms with van der Waals surface area (Å²) in [4.78, 5) is 26.6. The maximum absolute atomic E-state index is 12.8. The number of nitrogens with zero attached hydrogens (tertiary/aromatic N) is 1. The Balaban J connectivity index is 2.53. The average molecular weight is 368 g/mol. The third-order valence-electron chi connectivity index (χ3n) is 3.70. The number of amides is 1. The van der Waals surface area contributed by atoms with Crippen molar-refractivity contribution in [2.75, 3.05) is 13.7 Å². The minimum absolute atomic E-state index is 0.215. The maximum atomic E-state index is 12.8. The molecule has 0 aromatic heterocycles. The standard InChI is InChI=1S/C18H19Cl2NO3/c1-10(2)9-21-11(3)16(18(23)24-4)13(17(21)22)7-12-5-6-14(19)15(20)8-12/h5-8,10H,9H2,1-4H3. The predicted octanol–water partition coefficient (Wildman–Crippen LogP) is 4.32. The Morgan fingerprint density at radius 2 is 1.96 bits per heavy atom. The van der Waals surface area contributed by atoms with Crippen molar-refractivity contribution < 1.29 is 14.3 Å². The quantitative estimate of drug-likeness (QED) is 0.587. The van der Waals surface area contributed by atoms with Crippen LogP contribution in [0.25, 0.3) is 6.08 Å². The van der Waals surface area contributed by atoms with Gasteiger partial charge in [-0.2, -0.15) is 0 Å². The van der Waals surface area contributed by atoms with Gasteiger partial charge in [0.05, 0.1) is 28.3 Å². The SMILES string of the molecule is COC(=O)C1=C(C)N(CC(C)C)C(=O)C1=Cc1ccc(Cl)c(Cl)c1. The minimum Gasteiger partial charge on any atom is -0.465 e. The monoisotopic (exact) mass is 367 g/mol. The molecule has 24 heavy (non-hydrogen) atoms. The Morgan fingerprint density at radius 1 is 1.29 bits per heavy atom. The average Bonchev–Trinajstić information content (AvgIpc) is 2.74. The van der Waals surface area contributed by atoms with Crippen molar-refractivity contribution in [3.05, 3.63) is 50.7 Å². The summed E-state index contributed by atoms with van der Waals surface area (Å²) in [6, 6.07) is 5.04. The zero-order chi connectivity index (χ0) is 18.0. The van der Waals surface area contributed by atoms with E-state index >= 15 is 0 Å². The van der Waals surface area contributed by atoms with Crippen molar-refractivity contribution in [3.63, 3.8) is 0 Å². The van der Waals surface area contributed by atoms with Crippen LogP contribution in [0.15, 0.2) is 35.0 Å². The summed E-state index contributed by atoms with van der Waals surface area (Å²) in [6.45, 7) is 6.31. The summed E-state index contributed by atoms with van der Waals surface area (Å²) in [7, 11) is 1.30. The fraction of sp³-hybridized carbons (Fsp3) is 0.333. The second-order valence-corrected chi connectivity index (χ2v) is 6.81. The number of esters is 1. The summed E-state index contributed by atoms with van der Waals surface area (Å²) >= 11 is 11.9.